The van der Waals surface area contributed by atoms with Gasteiger partial charge in [0, 0.05) is 16.0 Å². The Hall–Kier alpha value is -2.63. The Morgan fingerprint density at radius 2 is 1.93 bits per heavy atom. The van der Waals surface area contributed by atoms with Crippen LogP contribution < -0.4 is 10.1 Å². The fourth-order valence-corrected chi connectivity index (χ4v) is 4.10. The van der Waals surface area contributed by atoms with Crippen LogP contribution in [0, 0.1) is 0 Å². The molecule has 4 rings (SSSR count). The van der Waals surface area contributed by atoms with Crippen molar-refractivity contribution in [1.29, 1.82) is 0 Å². The van der Waals surface area contributed by atoms with Crippen molar-refractivity contribution < 1.29 is 4.74 Å². The number of hydrogen-bond donors (Lipinski definition) is 1. The molecule has 0 radical (unpaired) electrons. The van der Waals surface area contributed by atoms with Crippen LogP contribution in [0.5, 0.6) is 5.75 Å². The van der Waals surface area contributed by atoms with E-state index in [1.807, 2.05) is 12.1 Å². The molecule has 0 fully saturated rings. The molecular formula is C21H18ClN3OS. The van der Waals surface area contributed by atoms with Gasteiger partial charge in [0.2, 0.25) is 0 Å². The average molecular weight is 396 g/mol. The molecule has 0 unspecified atom stereocenters. The monoisotopic (exact) mass is 395 g/mol. The quantitative estimate of drug-likeness (QED) is 0.429. The maximum absolute atomic E-state index is 6.17. The van der Waals surface area contributed by atoms with Crippen LogP contribution in [0.15, 0.2) is 54.2 Å². The zero-order valence-electron chi connectivity index (χ0n) is 15.0. The van der Waals surface area contributed by atoms with Crippen molar-refractivity contribution in [2.24, 2.45) is 0 Å². The number of rotatable bonds is 5. The minimum Gasteiger partial charge on any atom is -0.495 e. The summed E-state index contributed by atoms with van der Waals surface area (Å²) in [6, 6.07) is 14.1. The third-order valence-corrected chi connectivity index (χ3v) is 5.58. The van der Waals surface area contributed by atoms with Crippen molar-refractivity contribution in [3.63, 3.8) is 0 Å². The Morgan fingerprint density at radius 1 is 1.11 bits per heavy atom. The number of nitrogens with one attached hydrogen (secondary N) is 1. The van der Waals surface area contributed by atoms with Gasteiger partial charge >= 0.3 is 0 Å². The lowest BCUT2D eigenvalue weighted by Crippen LogP contribution is -1.98. The largest absolute Gasteiger partial charge is 0.495 e. The second-order valence-electron chi connectivity index (χ2n) is 6.07. The number of nitrogens with zero attached hydrogens (tertiary/aromatic N) is 2. The Labute approximate surface area is 166 Å². The van der Waals surface area contributed by atoms with E-state index in [9.17, 15) is 0 Å². The summed E-state index contributed by atoms with van der Waals surface area (Å²) >= 11 is 7.77. The third-order valence-electron chi connectivity index (χ3n) is 4.46. The van der Waals surface area contributed by atoms with E-state index in [-0.39, 0.29) is 0 Å². The standard InChI is InChI=1S/C21H18ClN3OS/c1-3-13-4-6-14(7-5-13)16-11-27-21-19(16)20(23-12-24-21)25-17-10-15(22)8-9-18(17)26-2/h4-12H,3H2,1-2H3,(H,23,24,25). The molecule has 0 saturated carbocycles. The van der Waals surface area contributed by atoms with E-state index in [1.165, 1.54) is 5.56 Å². The highest BCUT2D eigenvalue weighted by atomic mass is 35.5. The van der Waals surface area contributed by atoms with Crippen LogP contribution in [-0.4, -0.2) is 17.1 Å². The molecule has 0 spiro atoms. The molecular weight excluding hydrogens is 378 g/mol. The molecule has 0 saturated heterocycles. The van der Waals surface area contributed by atoms with Crippen molar-refractivity contribution in [3.8, 4) is 16.9 Å². The number of halogens is 1. The fourth-order valence-electron chi connectivity index (χ4n) is 3.01. The van der Waals surface area contributed by atoms with Gasteiger partial charge in [0.25, 0.3) is 0 Å². The lowest BCUT2D eigenvalue weighted by Gasteiger charge is -2.12. The molecule has 1 N–H and O–H groups in total. The third kappa shape index (κ3) is 3.48. The summed E-state index contributed by atoms with van der Waals surface area (Å²) in [6.07, 6.45) is 2.59. The van der Waals surface area contributed by atoms with Gasteiger partial charge in [0.15, 0.2) is 0 Å². The highest BCUT2D eigenvalue weighted by molar-refractivity contribution is 7.17. The molecule has 4 nitrogen and oxygen atoms in total. The smallest absolute Gasteiger partial charge is 0.143 e. The Kier molecular flexibility index (Phi) is 4.97. The van der Waals surface area contributed by atoms with Gasteiger partial charge in [-0.2, -0.15) is 0 Å². The minimum atomic E-state index is 0.629. The fraction of sp³-hybridized carbons (Fsp3) is 0.143. The van der Waals surface area contributed by atoms with Crippen LogP contribution >= 0.6 is 22.9 Å². The van der Waals surface area contributed by atoms with Crippen molar-refractivity contribution in [2.75, 3.05) is 12.4 Å². The first kappa shape index (κ1) is 17.8. The van der Waals surface area contributed by atoms with Crippen molar-refractivity contribution in [2.45, 2.75) is 13.3 Å². The number of ether oxygens (including phenoxy) is 1. The van der Waals surface area contributed by atoms with Gasteiger partial charge < -0.3 is 10.1 Å². The van der Waals surface area contributed by atoms with Crippen molar-refractivity contribution in [1.82, 2.24) is 9.97 Å². The van der Waals surface area contributed by atoms with Crippen LogP contribution in [0.4, 0.5) is 11.5 Å². The molecule has 0 amide bonds. The first-order valence-corrected chi connectivity index (χ1v) is 9.87. The predicted octanol–water partition coefficient (Wildman–Crippen LogP) is 6.33. The number of fused-ring (bicyclic) bond motifs is 1. The zero-order chi connectivity index (χ0) is 18.8. The highest BCUT2D eigenvalue weighted by Crippen LogP contribution is 2.39. The van der Waals surface area contributed by atoms with Crippen LogP contribution in [0.1, 0.15) is 12.5 Å². The molecule has 6 heteroatoms. The number of thiophene rings is 1. The van der Waals surface area contributed by atoms with Crippen LogP contribution in [0.3, 0.4) is 0 Å². The highest BCUT2D eigenvalue weighted by Gasteiger charge is 2.15. The molecule has 0 atom stereocenters. The van der Waals surface area contributed by atoms with E-state index >= 15 is 0 Å². The summed E-state index contributed by atoms with van der Waals surface area (Å²) in [5.41, 5.74) is 4.34. The topological polar surface area (TPSA) is 47.0 Å². The van der Waals surface area contributed by atoms with Gasteiger partial charge in [-0.3, -0.25) is 0 Å². The number of aromatic nitrogens is 2. The summed E-state index contributed by atoms with van der Waals surface area (Å²) < 4.78 is 5.44. The molecule has 0 aliphatic rings. The van der Waals surface area contributed by atoms with E-state index in [1.54, 1.807) is 30.8 Å². The normalized spacial score (nSPS) is 10.9. The first-order valence-electron chi connectivity index (χ1n) is 8.61. The van der Waals surface area contributed by atoms with Gasteiger partial charge in [0.1, 0.15) is 22.7 Å². The Bertz CT molecular complexity index is 1090. The summed E-state index contributed by atoms with van der Waals surface area (Å²) in [5.74, 6) is 1.44. The molecule has 27 heavy (non-hydrogen) atoms. The molecule has 0 aliphatic heterocycles. The van der Waals surface area contributed by atoms with Gasteiger partial charge in [-0.05, 0) is 35.7 Å². The molecule has 2 heterocycles. The van der Waals surface area contributed by atoms with Crippen molar-refractivity contribution in [3.05, 3.63) is 64.8 Å². The van der Waals surface area contributed by atoms with Gasteiger partial charge in [-0.25, -0.2) is 9.97 Å². The lowest BCUT2D eigenvalue weighted by atomic mass is 10.0. The molecule has 0 aliphatic carbocycles. The molecule has 136 valence electrons. The number of aryl methyl sites for hydroxylation is 1. The maximum Gasteiger partial charge on any atom is 0.143 e. The number of hydrogen-bond acceptors (Lipinski definition) is 5. The summed E-state index contributed by atoms with van der Waals surface area (Å²) in [4.78, 5) is 9.85. The van der Waals surface area contributed by atoms with Gasteiger partial charge in [0.05, 0.1) is 18.2 Å². The average Bonchev–Trinajstić information content (AvgIpc) is 3.13. The molecule has 2 aromatic heterocycles. The minimum absolute atomic E-state index is 0.629. The van der Waals surface area contributed by atoms with Gasteiger partial charge in [-0.1, -0.05) is 42.8 Å². The Balaban J connectivity index is 1.82. The van der Waals surface area contributed by atoms with Crippen LogP contribution in [-0.2, 0) is 6.42 Å². The van der Waals surface area contributed by atoms with Crippen LogP contribution in [0.2, 0.25) is 5.02 Å². The van der Waals surface area contributed by atoms with E-state index < -0.39 is 0 Å². The predicted molar refractivity (Wildman–Crippen MR) is 114 cm³/mol. The number of benzene rings is 2. The zero-order valence-corrected chi connectivity index (χ0v) is 16.6. The lowest BCUT2D eigenvalue weighted by molar-refractivity contribution is 0.417. The van der Waals surface area contributed by atoms with E-state index in [2.05, 4.69) is 51.9 Å². The second-order valence-corrected chi connectivity index (χ2v) is 7.37. The van der Waals surface area contributed by atoms with Gasteiger partial charge in [-0.15, -0.1) is 11.3 Å². The first-order chi connectivity index (χ1) is 13.2. The maximum atomic E-state index is 6.17. The van der Waals surface area contributed by atoms with Crippen molar-refractivity contribution >= 4 is 44.7 Å². The summed E-state index contributed by atoms with van der Waals surface area (Å²) in [6.45, 7) is 2.16. The Morgan fingerprint density at radius 3 is 2.67 bits per heavy atom. The van der Waals surface area contributed by atoms with E-state index in [4.69, 9.17) is 16.3 Å². The molecule has 2 aromatic carbocycles. The molecule has 0 bridgehead atoms. The summed E-state index contributed by atoms with van der Waals surface area (Å²) in [5, 5.41) is 7.12. The SMILES string of the molecule is CCc1ccc(-c2csc3ncnc(Nc4cc(Cl)ccc4OC)c23)cc1. The number of methoxy groups -OCH3 is 1. The van der Waals surface area contributed by atoms with E-state index in [0.717, 1.165) is 39.3 Å². The summed E-state index contributed by atoms with van der Waals surface area (Å²) in [7, 11) is 1.63. The second kappa shape index (κ2) is 7.55. The number of anilines is 2. The molecule has 4 aromatic rings. The van der Waals surface area contributed by atoms with Crippen LogP contribution in [0.25, 0.3) is 21.3 Å². The van der Waals surface area contributed by atoms with E-state index in [0.29, 0.717) is 10.8 Å².